The van der Waals surface area contributed by atoms with Crippen LogP contribution >= 0.6 is 0 Å². The monoisotopic (exact) mass is 253 g/mol. The van der Waals surface area contributed by atoms with Crippen LogP contribution in [0.15, 0.2) is 42.5 Å². The molecule has 0 spiro atoms. The number of benzene rings is 2. The predicted octanol–water partition coefficient (Wildman–Crippen LogP) is 4.59. The largest absolute Gasteiger partial charge is 0.321 e. The van der Waals surface area contributed by atoms with Crippen LogP contribution < -0.4 is 5.73 Å². The number of hydrogen-bond acceptors (Lipinski definition) is 1. The fourth-order valence-corrected chi connectivity index (χ4v) is 3.47. The minimum Gasteiger partial charge on any atom is -0.321 e. The van der Waals surface area contributed by atoms with Crippen molar-refractivity contribution in [3.8, 4) is 0 Å². The first-order valence-corrected chi connectivity index (χ1v) is 7.46. The Balaban J connectivity index is 2.07. The number of fused-ring (bicyclic) bond motifs is 1. The van der Waals surface area contributed by atoms with Crippen molar-refractivity contribution < 1.29 is 0 Å². The molecule has 19 heavy (non-hydrogen) atoms. The van der Waals surface area contributed by atoms with Crippen LogP contribution in [0, 0.1) is 5.92 Å². The highest BCUT2D eigenvalue weighted by Crippen LogP contribution is 2.38. The third kappa shape index (κ3) is 2.40. The van der Waals surface area contributed by atoms with Gasteiger partial charge in [0.05, 0.1) is 0 Å². The molecule has 100 valence electrons. The third-order valence-corrected chi connectivity index (χ3v) is 4.73. The summed E-state index contributed by atoms with van der Waals surface area (Å²) in [5.41, 5.74) is 8.02. The summed E-state index contributed by atoms with van der Waals surface area (Å²) in [7, 11) is 0. The molecule has 1 aliphatic carbocycles. The molecule has 1 saturated carbocycles. The second-order valence-corrected chi connectivity index (χ2v) is 6.22. The zero-order chi connectivity index (χ0) is 13.3. The lowest BCUT2D eigenvalue weighted by atomic mass is 9.81. The number of hydrogen-bond donors (Lipinski definition) is 1. The summed E-state index contributed by atoms with van der Waals surface area (Å²) in [6.07, 6.45) is 6.05. The van der Waals surface area contributed by atoms with Gasteiger partial charge in [0.1, 0.15) is 0 Å². The van der Waals surface area contributed by atoms with E-state index in [4.69, 9.17) is 5.73 Å². The molecule has 2 aromatic rings. The smallest absolute Gasteiger partial charge is 0.0415 e. The molecule has 0 bridgehead atoms. The predicted molar refractivity (Wildman–Crippen MR) is 82.1 cm³/mol. The molecular formula is C18H23N. The fourth-order valence-electron chi connectivity index (χ4n) is 3.47. The Bertz CT molecular complexity index is 569. The van der Waals surface area contributed by atoms with Crippen molar-refractivity contribution in [1.82, 2.24) is 0 Å². The van der Waals surface area contributed by atoms with Crippen LogP contribution in [0.1, 0.15) is 44.6 Å². The Kier molecular flexibility index (Phi) is 3.32. The first-order chi connectivity index (χ1) is 9.19. The third-order valence-electron chi connectivity index (χ3n) is 4.73. The molecule has 1 fully saturated rings. The van der Waals surface area contributed by atoms with E-state index in [-0.39, 0.29) is 5.54 Å². The van der Waals surface area contributed by atoms with Gasteiger partial charge in [-0.2, -0.15) is 0 Å². The summed E-state index contributed by atoms with van der Waals surface area (Å²) in [6, 6.07) is 15.2. The first-order valence-electron chi connectivity index (χ1n) is 7.46. The molecule has 0 saturated heterocycles. The number of rotatable bonds is 1. The fraction of sp³-hybridized carbons (Fsp3) is 0.444. The van der Waals surface area contributed by atoms with Crippen LogP contribution in [0.3, 0.4) is 0 Å². The van der Waals surface area contributed by atoms with Crippen molar-refractivity contribution in [2.45, 2.75) is 44.6 Å². The van der Waals surface area contributed by atoms with E-state index >= 15 is 0 Å². The molecule has 0 aromatic heterocycles. The molecule has 1 heteroatoms. The Morgan fingerprint density at radius 1 is 1.00 bits per heavy atom. The summed E-state index contributed by atoms with van der Waals surface area (Å²) >= 11 is 0. The van der Waals surface area contributed by atoms with Gasteiger partial charge in [-0.05, 0) is 41.5 Å². The Morgan fingerprint density at radius 2 is 1.79 bits per heavy atom. The van der Waals surface area contributed by atoms with E-state index in [0.29, 0.717) is 0 Å². The zero-order valence-electron chi connectivity index (χ0n) is 11.7. The minimum absolute atomic E-state index is 0.133. The zero-order valence-corrected chi connectivity index (χ0v) is 11.7. The normalized spacial score (nSPS) is 28.2. The molecule has 1 aliphatic rings. The molecule has 0 aliphatic heterocycles. The van der Waals surface area contributed by atoms with Crippen molar-refractivity contribution in [3.05, 3.63) is 48.0 Å². The summed E-state index contributed by atoms with van der Waals surface area (Å²) < 4.78 is 0. The van der Waals surface area contributed by atoms with E-state index in [0.717, 1.165) is 18.8 Å². The van der Waals surface area contributed by atoms with Crippen LogP contribution in [-0.2, 0) is 5.54 Å². The lowest BCUT2D eigenvalue weighted by Crippen LogP contribution is -2.36. The summed E-state index contributed by atoms with van der Waals surface area (Å²) in [5, 5.41) is 2.64. The van der Waals surface area contributed by atoms with Crippen LogP contribution in [-0.4, -0.2) is 0 Å². The molecule has 0 radical (unpaired) electrons. The molecule has 0 amide bonds. The van der Waals surface area contributed by atoms with Gasteiger partial charge >= 0.3 is 0 Å². The van der Waals surface area contributed by atoms with Gasteiger partial charge in [-0.15, -0.1) is 0 Å². The van der Waals surface area contributed by atoms with E-state index in [1.807, 2.05) is 0 Å². The average Bonchev–Trinajstić information content (AvgIpc) is 2.61. The van der Waals surface area contributed by atoms with Crippen molar-refractivity contribution in [2.75, 3.05) is 0 Å². The van der Waals surface area contributed by atoms with Gasteiger partial charge in [0.2, 0.25) is 0 Å². The van der Waals surface area contributed by atoms with E-state index in [2.05, 4.69) is 49.4 Å². The van der Waals surface area contributed by atoms with Gasteiger partial charge in [-0.1, -0.05) is 62.2 Å². The molecule has 3 rings (SSSR count). The summed E-state index contributed by atoms with van der Waals surface area (Å²) in [6.45, 7) is 2.36. The molecule has 1 nitrogen and oxygen atoms in total. The summed E-state index contributed by atoms with van der Waals surface area (Å²) in [4.78, 5) is 0. The average molecular weight is 253 g/mol. The Labute approximate surface area is 115 Å². The van der Waals surface area contributed by atoms with E-state index < -0.39 is 0 Å². The van der Waals surface area contributed by atoms with Gasteiger partial charge in [0.25, 0.3) is 0 Å². The van der Waals surface area contributed by atoms with Crippen LogP contribution in [0.2, 0.25) is 0 Å². The maximum atomic E-state index is 6.81. The van der Waals surface area contributed by atoms with E-state index in [1.165, 1.54) is 35.6 Å². The van der Waals surface area contributed by atoms with Crippen molar-refractivity contribution in [3.63, 3.8) is 0 Å². The van der Waals surface area contributed by atoms with Crippen molar-refractivity contribution in [1.29, 1.82) is 0 Å². The first kappa shape index (κ1) is 12.7. The SMILES string of the molecule is CC1CCCC(N)(c2cccc3ccccc23)CC1. The van der Waals surface area contributed by atoms with Gasteiger partial charge < -0.3 is 5.73 Å². The second kappa shape index (κ2) is 4.97. The Morgan fingerprint density at radius 3 is 2.68 bits per heavy atom. The summed E-state index contributed by atoms with van der Waals surface area (Å²) in [5.74, 6) is 0.820. The van der Waals surface area contributed by atoms with Crippen molar-refractivity contribution in [2.24, 2.45) is 11.7 Å². The highest BCUT2D eigenvalue weighted by Gasteiger charge is 2.31. The lowest BCUT2D eigenvalue weighted by molar-refractivity contribution is 0.381. The highest BCUT2D eigenvalue weighted by atomic mass is 14.7. The van der Waals surface area contributed by atoms with Crippen LogP contribution in [0.5, 0.6) is 0 Å². The quantitative estimate of drug-likeness (QED) is 0.739. The van der Waals surface area contributed by atoms with E-state index in [9.17, 15) is 0 Å². The topological polar surface area (TPSA) is 26.0 Å². The number of nitrogens with two attached hydrogens (primary N) is 1. The molecule has 2 atom stereocenters. The maximum Gasteiger partial charge on any atom is 0.0415 e. The molecule has 2 N–H and O–H groups in total. The molecule has 0 heterocycles. The molecule has 2 aromatic carbocycles. The standard InChI is InChI=1S/C18H23N/c1-14-6-5-12-18(19,13-11-14)17-10-4-8-15-7-2-3-9-16(15)17/h2-4,7-10,14H,5-6,11-13,19H2,1H3. The lowest BCUT2D eigenvalue weighted by Gasteiger charge is -2.30. The van der Waals surface area contributed by atoms with E-state index in [1.54, 1.807) is 0 Å². The molecular weight excluding hydrogens is 230 g/mol. The van der Waals surface area contributed by atoms with Crippen molar-refractivity contribution >= 4 is 10.8 Å². The molecule has 2 unspecified atom stereocenters. The van der Waals surface area contributed by atoms with Crippen LogP contribution in [0.4, 0.5) is 0 Å². The highest BCUT2D eigenvalue weighted by molar-refractivity contribution is 5.86. The van der Waals surface area contributed by atoms with Gasteiger partial charge in [-0.3, -0.25) is 0 Å². The van der Waals surface area contributed by atoms with Crippen LogP contribution in [0.25, 0.3) is 10.8 Å². The minimum atomic E-state index is -0.133. The van der Waals surface area contributed by atoms with Gasteiger partial charge in [-0.25, -0.2) is 0 Å². The Hall–Kier alpha value is -1.34. The maximum absolute atomic E-state index is 6.81. The second-order valence-electron chi connectivity index (χ2n) is 6.22. The van der Waals surface area contributed by atoms with Gasteiger partial charge in [0.15, 0.2) is 0 Å². The van der Waals surface area contributed by atoms with Gasteiger partial charge in [0, 0.05) is 5.54 Å².